The number of ketones is 1. The summed E-state index contributed by atoms with van der Waals surface area (Å²) in [7, 11) is 0. The maximum atomic E-state index is 12.4. The van der Waals surface area contributed by atoms with Gasteiger partial charge in [-0.1, -0.05) is 49.4 Å². The Balaban J connectivity index is 1.70. The van der Waals surface area contributed by atoms with E-state index in [0.717, 1.165) is 24.4 Å². The molecule has 2 heteroatoms. The topological polar surface area (TPSA) is 20.3 Å². The van der Waals surface area contributed by atoms with Gasteiger partial charge in [0, 0.05) is 30.5 Å². The largest absolute Gasteiger partial charge is 0.369 e. The second kappa shape index (κ2) is 5.02. The monoisotopic (exact) mass is 291 g/mol. The van der Waals surface area contributed by atoms with Crippen molar-refractivity contribution < 1.29 is 4.79 Å². The summed E-state index contributed by atoms with van der Waals surface area (Å²) in [5.74, 6) is 2.77. The zero-order valence-corrected chi connectivity index (χ0v) is 12.9. The molecule has 112 valence electrons. The van der Waals surface area contributed by atoms with Gasteiger partial charge in [0.2, 0.25) is 0 Å². The van der Waals surface area contributed by atoms with Crippen LogP contribution in [0.3, 0.4) is 0 Å². The van der Waals surface area contributed by atoms with E-state index in [2.05, 4.69) is 23.0 Å². The minimum atomic E-state index is 0.0980. The molecule has 1 aromatic carbocycles. The number of allylic oxidation sites excluding steroid dienone is 1. The van der Waals surface area contributed by atoms with Crippen molar-refractivity contribution in [3.05, 3.63) is 41.0 Å². The van der Waals surface area contributed by atoms with Crippen LogP contribution in [0, 0.1) is 17.8 Å². The van der Waals surface area contributed by atoms with E-state index >= 15 is 0 Å². The Bertz CT molecular complexity index is 693. The van der Waals surface area contributed by atoms with Crippen LogP contribution < -0.4 is 0 Å². The molecule has 1 aliphatic heterocycles. The minimum Gasteiger partial charge on any atom is -0.369 e. The highest BCUT2D eigenvalue weighted by atomic mass is 16.1. The maximum absolute atomic E-state index is 12.4. The number of carbonyl (C=O) groups is 1. The molecular formula is C20H21NO. The van der Waals surface area contributed by atoms with Crippen molar-refractivity contribution in [3.8, 4) is 12.3 Å². The Morgan fingerprint density at radius 2 is 1.82 bits per heavy atom. The van der Waals surface area contributed by atoms with Gasteiger partial charge in [0.1, 0.15) is 0 Å². The summed E-state index contributed by atoms with van der Waals surface area (Å²) >= 11 is 0. The number of fused-ring (bicyclic) bond motifs is 1. The molecule has 1 saturated carbocycles. The van der Waals surface area contributed by atoms with Gasteiger partial charge >= 0.3 is 0 Å². The van der Waals surface area contributed by atoms with E-state index < -0.39 is 0 Å². The SMILES string of the molecule is C#CC1=C(N2CC3(CCCCC3)C2)c2ccccc2CC1=O. The van der Waals surface area contributed by atoms with Crippen LogP contribution in [0.5, 0.6) is 0 Å². The van der Waals surface area contributed by atoms with Crippen molar-refractivity contribution in [2.24, 2.45) is 5.41 Å². The van der Waals surface area contributed by atoms with E-state index in [0.29, 0.717) is 17.4 Å². The molecule has 1 aromatic rings. The molecule has 0 atom stereocenters. The van der Waals surface area contributed by atoms with Gasteiger partial charge in [-0.05, 0) is 18.4 Å². The number of terminal acetylenes is 1. The second-order valence-electron chi connectivity index (χ2n) is 7.04. The van der Waals surface area contributed by atoms with Crippen LogP contribution in [0.15, 0.2) is 29.8 Å². The average molecular weight is 291 g/mol. The summed E-state index contributed by atoms with van der Waals surface area (Å²) in [6.45, 7) is 2.13. The molecule has 2 nitrogen and oxygen atoms in total. The summed E-state index contributed by atoms with van der Waals surface area (Å²) in [4.78, 5) is 14.7. The molecular weight excluding hydrogens is 270 g/mol. The van der Waals surface area contributed by atoms with E-state index in [4.69, 9.17) is 6.42 Å². The zero-order valence-electron chi connectivity index (χ0n) is 12.9. The fourth-order valence-electron chi connectivity index (χ4n) is 4.45. The van der Waals surface area contributed by atoms with Gasteiger partial charge in [-0.3, -0.25) is 4.79 Å². The Morgan fingerprint density at radius 1 is 1.09 bits per heavy atom. The van der Waals surface area contributed by atoms with Crippen molar-refractivity contribution in [1.82, 2.24) is 4.90 Å². The van der Waals surface area contributed by atoms with Crippen LogP contribution in [0.25, 0.3) is 5.70 Å². The molecule has 0 aromatic heterocycles. The predicted molar refractivity (Wildman–Crippen MR) is 88.0 cm³/mol. The van der Waals surface area contributed by atoms with Gasteiger partial charge in [0.25, 0.3) is 0 Å². The first-order chi connectivity index (χ1) is 10.7. The summed E-state index contributed by atoms with van der Waals surface area (Å²) in [6.07, 6.45) is 12.9. The molecule has 0 unspecified atom stereocenters. The first kappa shape index (κ1) is 13.6. The first-order valence-corrected chi connectivity index (χ1v) is 8.30. The highest BCUT2D eigenvalue weighted by molar-refractivity contribution is 6.10. The Kier molecular flexibility index (Phi) is 3.11. The third-order valence-corrected chi connectivity index (χ3v) is 5.57. The third-order valence-electron chi connectivity index (χ3n) is 5.57. The predicted octanol–water partition coefficient (Wildman–Crippen LogP) is 3.42. The van der Waals surface area contributed by atoms with Crippen LogP contribution in [0.4, 0.5) is 0 Å². The summed E-state index contributed by atoms with van der Waals surface area (Å²) in [5.41, 5.74) is 4.38. The zero-order chi connectivity index (χ0) is 15.2. The van der Waals surface area contributed by atoms with Crippen LogP contribution in [0.2, 0.25) is 0 Å². The molecule has 0 bridgehead atoms. The van der Waals surface area contributed by atoms with E-state index in [9.17, 15) is 4.79 Å². The number of likely N-dealkylation sites (tertiary alicyclic amines) is 1. The standard InChI is InChI=1S/C20H21NO/c1-2-16-18(22)12-15-8-4-5-9-17(15)19(16)21-13-20(14-21)10-6-3-7-11-20/h1,4-5,8-9H,3,6-7,10-14H2. The number of Topliss-reactive ketones (excluding diaryl/α,β-unsaturated/α-hetero) is 1. The number of hydrogen-bond donors (Lipinski definition) is 0. The molecule has 1 spiro atoms. The van der Waals surface area contributed by atoms with Crippen molar-refractivity contribution in [2.75, 3.05) is 13.1 Å². The maximum Gasteiger partial charge on any atom is 0.177 e. The lowest BCUT2D eigenvalue weighted by atomic mass is 9.68. The molecule has 2 fully saturated rings. The minimum absolute atomic E-state index is 0.0980. The Morgan fingerprint density at radius 3 is 2.55 bits per heavy atom. The highest BCUT2D eigenvalue weighted by Crippen LogP contribution is 2.48. The van der Waals surface area contributed by atoms with Crippen LogP contribution in [-0.2, 0) is 11.2 Å². The molecule has 1 heterocycles. The molecule has 1 saturated heterocycles. The number of hydrogen-bond acceptors (Lipinski definition) is 2. The summed E-state index contributed by atoms with van der Waals surface area (Å²) < 4.78 is 0. The average Bonchev–Trinajstić information content (AvgIpc) is 2.52. The molecule has 0 N–H and O–H groups in total. The molecule has 2 aliphatic carbocycles. The van der Waals surface area contributed by atoms with E-state index in [1.807, 2.05) is 12.1 Å². The lowest BCUT2D eigenvalue weighted by molar-refractivity contribution is -0.114. The van der Waals surface area contributed by atoms with E-state index in [-0.39, 0.29) is 5.78 Å². The number of nitrogens with zero attached hydrogens (tertiary/aromatic N) is 1. The fraction of sp³-hybridized carbons (Fsp3) is 0.450. The van der Waals surface area contributed by atoms with Crippen LogP contribution >= 0.6 is 0 Å². The molecule has 22 heavy (non-hydrogen) atoms. The van der Waals surface area contributed by atoms with Gasteiger partial charge in [-0.2, -0.15) is 0 Å². The molecule has 3 aliphatic rings. The summed E-state index contributed by atoms with van der Waals surface area (Å²) in [5, 5.41) is 0. The smallest absolute Gasteiger partial charge is 0.177 e. The van der Waals surface area contributed by atoms with Gasteiger partial charge in [0.15, 0.2) is 5.78 Å². The van der Waals surface area contributed by atoms with E-state index in [1.165, 1.54) is 37.7 Å². The van der Waals surface area contributed by atoms with Crippen molar-refractivity contribution in [1.29, 1.82) is 0 Å². The van der Waals surface area contributed by atoms with Crippen LogP contribution in [0.1, 0.15) is 43.2 Å². The molecule has 0 radical (unpaired) electrons. The van der Waals surface area contributed by atoms with Gasteiger partial charge in [-0.25, -0.2) is 0 Å². The Hall–Kier alpha value is -2.01. The fourth-order valence-corrected chi connectivity index (χ4v) is 4.45. The van der Waals surface area contributed by atoms with Gasteiger partial charge in [0.05, 0.1) is 11.3 Å². The third kappa shape index (κ3) is 2.00. The number of rotatable bonds is 1. The van der Waals surface area contributed by atoms with Crippen molar-refractivity contribution in [3.63, 3.8) is 0 Å². The first-order valence-electron chi connectivity index (χ1n) is 8.30. The van der Waals surface area contributed by atoms with Crippen molar-refractivity contribution in [2.45, 2.75) is 38.5 Å². The molecule has 4 rings (SSSR count). The number of benzene rings is 1. The molecule has 0 amide bonds. The van der Waals surface area contributed by atoms with E-state index in [1.54, 1.807) is 0 Å². The highest BCUT2D eigenvalue weighted by Gasteiger charge is 2.45. The Labute approximate surface area is 132 Å². The normalized spacial score (nSPS) is 23.0. The van der Waals surface area contributed by atoms with Gasteiger partial charge in [-0.15, -0.1) is 6.42 Å². The quantitative estimate of drug-likeness (QED) is 0.739. The van der Waals surface area contributed by atoms with Crippen molar-refractivity contribution >= 4 is 11.5 Å². The lowest BCUT2D eigenvalue weighted by Crippen LogP contribution is -2.56. The van der Waals surface area contributed by atoms with Crippen LogP contribution in [-0.4, -0.2) is 23.8 Å². The summed E-state index contributed by atoms with van der Waals surface area (Å²) in [6, 6.07) is 8.21. The number of carbonyl (C=O) groups excluding carboxylic acids is 1. The second-order valence-corrected chi connectivity index (χ2v) is 7.04. The lowest BCUT2D eigenvalue weighted by Gasteiger charge is -2.55. The van der Waals surface area contributed by atoms with Gasteiger partial charge < -0.3 is 4.90 Å².